The topological polar surface area (TPSA) is 83.8 Å². The van der Waals surface area contributed by atoms with Crippen LogP contribution < -0.4 is 4.74 Å². The van der Waals surface area contributed by atoms with Crippen LogP contribution in [0, 0.1) is 0 Å². The fraction of sp³-hybridized carbons (Fsp3) is 0.467. The molecular weight excluding hydrogens is 260 g/mol. The third-order valence-electron chi connectivity index (χ3n) is 3.19. The van der Waals surface area contributed by atoms with Crippen molar-refractivity contribution >= 4 is 11.9 Å². The van der Waals surface area contributed by atoms with E-state index in [1.165, 1.54) is 0 Å². The van der Waals surface area contributed by atoms with Crippen molar-refractivity contribution < 1.29 is 24.5 Å². The van der Waals surface area contributed by atoms with Crippen LogP contribution >= 0.6 is 0 Å². The Bertz CT molecular complexity index is 462. The standard InChI is InChI=1S/C15H20O5/c1-15(2,9-3-4-13(16)17)11-5-7-12(8-6-11)20-10-14(18)19/h5-8H,3-4,9-10H2,1-2H3,(H,16,17)(H,18,19). The summed E-state index contributed by atoms with van der Waals surface area (Å²) in [6, 6.07) is 7.24. The molecule has 0 aliphatic carbocycles. The third-order valence-corrected chi connectivity index (χ3v) is 3.19. The Labute approximate surface area is 118 Å². The van der Waals surface area contributed by atoms with Gasteiger partial charge in [0.05, 0.1) is 0 Å². The van der Waals surface area contributed by atoms with Gasteiger partial charge in [0.2, 0.25) is 0 Å². The molecule has 0 saturated carbocycles. The van der Waals surface area contributed by atoms with Crippen molar-refractivity contribution in [3.63, 3.8) is 0 Å². The first-order valence-corrected chi connectivity index (χ1v) is 6.48. The molecule has 0 atom stereocenters. The summed E-state index contributed by atoms with van der Waals surface area (Å²) in [5, 5.41) is 17.2. The van der Waals surface area contributed by atoms with Gasteiger partial charge in [-0.05, 0) is 36.0 Å². The van der Waals surface area contributed by atoms with E-state index in [1.807, 2.05) is 12.1 Å². The molecule has 0 unspecified atom stereocenters. The summed E-state index contributed by atoms with van der Waals surface area (Å²) < 4.78 is 5.07. The summed E-state index contributed by atoms with van der Waals surface area (Å²) >= 11 is 0. The van der Waals surface area contributed by atoms with Crippen molar-refractivity contribution in [1.82, 2.24) is 0 Å². The van der Waals surface area contributed by atoms with E-state index in [0.29, 0.717) is 12.2 Å². The third kappa shape index (κ3) is 5.30. The number of hydrogen-bond acceptors (Lipinski definition) is 3. The molecule has 0 heterocycles. The second-order valence-corrected chi connectivity index (χ2v) is 5.34. The van der Waals surface area contributed by atoms with Crippen LogP contribution in [0.25, 0.3) is 0 Å². The van der Waals surface area contributed by atoms with E-state index in [9.17, 15) is 9.59 Å². The molecule has 20 heavy (non-hydrogen) atoms. The van der Waals surface area contributed by atoms with Crippen LogP contribution in [-0.4, -0.2) is 28.8 Å². The molecule has 5 nitrogen and oxygen atoms in total. The van der Waals surface area contributed by atoms with Crippen LogP contribution in [0.4, 0.5) is 0 Å². The fourth-order valence-electron chi connectivity index (χ4n) is 1.97. The van der Waals surface area contributed by atoms with Gasteiger partial charge in [-0.3, -0.25) is 4.79 Å². The maximum Gasteiger partial charge on any atom is 0.341 e. The maximum atomic E-state index is 10.5. The first kappa shape index (κ1) is 16.0. The van der Waals surface area contributed by atoms with E-state index >= 15 is 0 Å². The molecule has 110 valence electrons. The number of hydrogen-bond donors (Lipinski definition) is 2. The van der Waals surface area contributed by atoms with Crippen LogP contribution in [0.15, 0.2) is 24.3 Å². The van der Waals surface area contributed by atoms with E-state index in [4.69, 9.17) is 14.9 Å². The molecule has 2 N–H and O–H groups in total. The Morgan fingerprint density at radius 2 is 1.70 bits per heavy atom. The Kier molecular flexibility index (Phi) is 5.55. The number of carbonyl (C=O) groups is 2. The van der Waals surface area contributed by atoms with Gasteiger partial charge >= 0.3 is 11.9 Å². The van der Waals surface area contributed by atoms with Gasteiger partial charge in [-0.25, -0.2) is 4.79 Å². The van der Waals surface area contributed by atoms with Gasteiger partial charge in [0.1, 0.15) is 5.75 Å². The number of ether oxygens (including phenoxy) is 1. The van der Waals surface area contributed by atoms with Gasteiger partial charge in [0, 0.05) is 6.42 Å². The lowest BCUT2D eigenvalue weighted by Gasteiger charge is -2.25. The molecule has 0 fully saturated rings. The zero-order valence-corrected chi connectivity index (χ0v) is 11.8. The average Bonchev–Trinajstić information content (AvgIpc) is 2.36. The van der Waals surface area contributed by atoms with E-state index in [2.05, 4.69) is 13.8 Å². The number of rotatable bonds is 8. The Balaban J connectivity index is 2.61. The van der Waals surface area contributed by atoms with Gasteiger partial charge in [0.25, 0.3) is 0 Å². The number of aliphatic carboxylic acids is 2. The molecule has 0 bridgehead atoms. The first-order chi connectivity index (χ1) is 9.31. The molecule has 0 saturated heterocycles. The summed E-state index contributed by atoms with van der Waals surface area (Å²) in [7, 11) is 0. The predicted octanol–water partition coefficient (Wildman–Crippen LogP) is 2.68. The second kappa shape index (κ2) is 6.93. The van der Waals surface area contributed by atoms with Gasteiger partial charge < -0.3 is 14.9 Å². The van der Waals surface area contributed by atoms with Crippen LogP contribution in [-0.2, 0) is 15.0 Å². The minimum Gasteiger partial charge on any atom is -0.482 e. The monoisotopic (exact) mass is 280 g/mol. The van der Waals surface area contributed by atoms with E-state index in [1.54, 1.807) is 12.1 Å². The van der Waals surface area contributed by atoms with Gasteiger partial charge in [-0.2, -0.15) is 0 Å². The van der Waals surface area contributed by atoms with Gasteiger partial charge in [-0.15, -0.1) is 0 Å². The largest absolute Gasteiger partial charge is 0.482 e. The van der Waals surface area contributed by atoms with Crippen molar-refractivity contribution in [2.24, 2.45) is 0 Å². The van der Waals surface area contributed by atoms with Gasteiger partial charge in [-0.1, -0.05) is 26.0 Å². The van der Waals surface area contributed by atoms with Crippen molar-refractivity contribution in [3.05, 3.63) is 29.8 Å². The molecule has 0 amide bonds. The lowest BCUT2D eigenvalue weighted by Crippen LogP contribution is -2.17. The summed E-state index contributed by atoms with van der Waals surface area (Å²) in [6.45, 7) is 3.76. The zero-order chi connectivity index (χ0) is 15.2. The number of benzene rings is 1. The lowest BCUT2D eigenvalue weighted by atomic mass is 9.80. The first-order valence-electron chi connectivity index (χ1n) is 6.48. The molecule has 0 spiro atoms. The highest BCUT2D eigenvalue weighted by molar-refractivity contribution is 5.68. The Morgan fingerprint density at radius 1 is 1.10 bits per heavy atom. The minimum atomic E-state index is -1.01. The predicted molar refractivity (Wildman–Crippen MR) is 74.1 cm³/mol. The maximum absolute atomic E-state index is 10.5. The molecule has 1 aromatic rings. The smallest absolute Gasteiger partial charge is 0.341 e. The number of carboxylic acids is 2. The average molecular weight is 280 g/mol. The molecule has 5 heteroatoms. The van der Waals surface area contributed by atoms with Crippen LogP contribution in [0.3, 0.4) is 0 Å². The van der Waals surface area contributed by atoms with Crippen LogP contribution in [0.5, 0.6) is 5.75 Å². The normalized spacial score (nSPS) is 11.1. The van der Waals surface area contributed by atoms with Crippen molar-refractivity contribution in [2.45, 2.75) is 38.5 Å². The summed E-state index contributed by atoms with van der Waals surface area (Å²) in [4.78, 5) is 20.9. The molecule has 0 aliphatic rings. The SMILES string of the molecule is CC(C)(CCCC(=O)O)c1ccc(OCC(=O)O)cc1. The molecule has 0 aliphatic heterocycles. The van der Waals surface area contributed by atoms with Crippen molar-refractivity contribution in [2.75, 3.05) is 6.61 Å². The van der Waals surface area contributed by atoms with E-state index in [-0.39, 0.29) is 18.4 Å². The quantitative estimate of drug-likeness (QED) is 0.764. The molecular formula is C15H20O5. The zero-order valence-electron chi connectivity index (χ0n) is 11.8. The van der Waals surface area contributed by atoms with E-state index in [0.717, 1.165) is 12.0 Å². The molecule has 1 rings (SSSR count). The van der Waals surface area contributed by atoms with E-state index < -0.39 is 11.9 Å². The van der Waals surface area contributed by atoms with Crippen molar-refractivity contribution in [1.29, 1.82) is 0 Å². The highest BCUT2D eigenvalue weighted by Gasteiger charge is 2.20. The van der Waals surface area contributed by atoms with Crippen molar-refractivity contribution in [3.8, 4) is 5.75 Å². The minimum absolute atomic E-state index is 0.124. The van der Waals surface area contributed by atoms with Crippen LogP contribution in [0.2, 0.25) is 0 Å². The van der Waals surface area contributed by atoms with Gasteiger partial charge in [0.15, 0.2) is 6.61 Å². The highest BCUT2D eigenvalue weighted by Crippen LogP contribution is 2.30. The summed E-state index contributed by atoms with van der Waals surface area (Å²) in [5.74, 6) is -1.28. The molecule has 1 aromatic carbocycles. The summed E-state index contributed by atoms with van der Waals surface area (Å²) in [5.41, 5.74) is 0.950. The molecule has 0 radical (unpaired) electrons. The summed E-state index contributed by atoms with van der Waals surface area (Å²) in [6.07, 6.45) is 1.57. The van der Waals surface area contributed by atoms with Crippen LogP contribution in [0.1, 0.15) is 38.7 Å². The molecule has 0 aromatic heterocycles. The Morgan fingerprint density at radius 3 is 2.20 bits per heavy atom. The second-order valence-electron chi connectivity index (χ2n) is 5.34. The lowest BCUT2D eigenvalue weighted by molar-refractivity contribution is -0.139. The fourth-order valence-corrected chi connectivity index (χ4v) is 1.97. The highest BCUT2D eigenvalue weighted by atomic mass is 16.5. The Hall–Kier alpha value is -2.04. The number of carboxylic acid groups (broad SMARTS) is 2.